The van der Waals surface area contributed by atoms with Crippen molar-refractivity contribution in [1.82, 2.24) is 0 Å². The largest absolute Gasteiger partial charge is 0.496 e. The van der Waals surface area contributed by atoms with E-state index < -0.39 is 17.4 Å². The summed E-state index contributed by atoms with van der Waals surface area (Å²) in [5.41, 5.74) is 0.437. The molecule has 0 aliphatic carbocycles. The molecule has 21 heavy (non-hydrogen) atoms. The number of hydrogen-bond donors (Lipinski definition) is 0. The molecule has 0 amide bonds. The Balaban J connectivity index is 2.22. The molecule has 0 atom stereocenters. The Bertz CT molecular complexity index is 711. The summed E-state index contributed by atoms with van der Waals surface area (Å²) in [7, 11) is 1.55. The number of rotatable bonds is 4. The normalized spacial score (nSPS) is 10.9. The van der Waals surface area contributed by atoms with E-state index in [1.165, 1.54) is 12.2 Å². The highest BCUT2D eigenvalue weighted by Crippen LogP contribution is 2.26. The summed E-state index contributed by atoms with van der Waals surface area (Å²) < 4.78 is 32.3. The van der Waals surface area contributed by atoms with E-state index >= 15 is 0 Å². The average Bonchev–Trinajstić information content (AvgIpc) is 2.47. The van der Waals surface area contributed by atoms with Crippen molar-refractivity contribution in [3.63, 3.8) is 0 Å². The molecule has 2 nitrogen and oxygen atoms in total. The molecule has 2 aromatic carbocycles. The number of hydrogen-bond acceptors (Lipinski definition) is 2. The standard InChI is InChI=1S/C16H11BrF2O2/c1-21-16-7-3-10(8-13(16)17)2-6-15(20)12-9-11(18)4-5-14(12)19/h2-9H,1H3/b6-2+. The van der Waals surface area contributed by atoms with Gasteiger partial charge in [-0.3, -0.25) is 4.79 Å². The number of halogens is 3. The molecule has 0 N–H and O–H groups in total. The van der Waals surface area contributed by atoms with Crippen LogP contribution in [0.5, 0.6) is 5.75 Å². The van der Waals surface area contributed by atoms with E-state index in [9.17, 15) is 13.6 Å². The van der Waals surface area contributed by atoms with Gasteiger partial charge in [-0.1, -0.05) is 12.1 Å². The van der Waals surface area contributed by atoms with Gasteiger partial charge < -0.3 is 4.74 Å². The number of carbonyl (C=O) groups excluding carboxylic acids is 1. The molecule has 5 heteroatoms. The second kappa shape index (κ2) is 6.63. The predicted octanol–water partition coefficient (Wildman–Crippen LogP) is 4.63. The minimum atomic E-state index is -0.748. The number of ether oxygens (including phenoxy) is 1. The topological polar surface area (TPSA) is 26.3 Å². The number of ketones is 1. The number of carbonyl (C=O) groups is 1. The quantitative estimate of drug-likeness (QED) is 0.592. The highest BCUT2D eigenvalue weighted by Gasteiger charge is 2.10. The van der Waals surface area contributed by atoms with Crippen LogP contribution < -0.4 is 4.74 Å². The first-order valence-electron chi connectivity index (χ1n) is 6.02. The van der Waals surface area contributed by atoms with Crippen LogP contribution in [0.3, 0.4) is 0 Å². The Morgan fingerprint density at radius 2 is 1.95 bits per heavy atom. The van der Waals surface area contributed by atoms with Crippen molar-refractivity contribution in [3.8, 4) is 5.75 Å². The van der Waals surface area contributed by atoms with Gasteiger partial charge in [-0.15, -0.1) is 0 Å². The van der Waals surface area contributed by atoms with E-state index in [2.05, 4.69) is 15.9 Å². The third kappa shape index (κ3) is 3.76. The molecule has 0 heterocycles. The highest BCUT2D eigenvalue weighted by molar-refractivity contribution is 9.10. The molecule has 0 spiro atoms. The lowest BCUT2D eigenvalue weighted by Gasteiger charge is -2.03. The van der Waals surface area contributed by atoms with Crippen LogP contribution in [0, 0.1) is 11.6 Å². The van der Waals surface area contributed by atoms with Crippen LogP contribution in [0.1, 0.15) is 15.9 Å². The van der Waals surface area contributed by atoms with Crippen LogP contribution in [0.15, 0.2) is 46.9 Å². The molecule has 0 aliphatic heterocycles. The summed E-state index contributed by atoms with van der Waals surface area (Å²) in [5.74, 6) is -1.34. The third-order valence-corrected chi connectivity index (χ3v) is 3.42. The van der Waals surface area contributed by atoms with E-state index in [1.54, 1.807) is 25.3 Å². The van der Waals surface area contributed by atoms with Gasteiger partial charge in [0.1, 0.15) is 17.4 Å². The minimum Gasteiger partial charge on any atom is -0.496 e. The zero-order valence-electron chi connectivity index (χ0n) is 11.1. The molecule has 2 rings (SSSR count). The maximum atomic E-state index is 13.5. The zero-order chi connectivity index (χ0) is 15.4. The molecule has 0 fully saturated rings. The van der Waals surface area contributed by atoms with Gasteiger partial charge >= 0.3 is 0 Å². The summed E-state index contributed by atoms with van der Waals surface area (Å²) in [5, 5.41) is 0. The van der Waals surface area contributed by atoms with E-state index in [0.717, 1.165) is 28.2 Å². The lowest BCUT2D eigenvalue weighted by Crippen LogP contribution is -1.99. The van der Waals surface area contributed by atoms with Gasteiger partial charge in [0, 0.05) is 0 Å². The second-order valence-electron chi connectivity index (χ2n) is 4.22. The van der Waals surface area contributed by atoms with Gasteiger partial charge in [0.15, 0.2) is 5.78 Å². The second-order valence-corrected chi connectivity index (χ2v) is 5.07. The van der Waals surface area contributed by atoms with E-state index in [-0.39, 0.29) is 5.56 Å². The molecule has 0 saturated carbocycles. The first-order chi connectivity index (χ1) is 10.0. The van der Waals surface area contributed by atoms with E-state index in [4.69, 9.17) is 4.74 Å². The summed E-state index contributed by atoms with van der Waals surface area (Å²) in [6.07, 6.45) is 2.73. The van der Waals surface area contributed by atoms with Gasteiger partial charge in [-0.05, 0) is 57.9 Å². The Kier molecular flexibility index (Phi) is 4.85. The molecule has 108 valence electrons. The zero-order valence-corrected chi connectivity index (χ0v) is 12.7. The summed E-state index contributed by atoms with van der Waals surface area (Å²) in [4.78, 5) is 11.9. The fourth-order valence-electron chi connectivity index (χ4n) is 1.73. The van der Waals surface area contributed by atoms with Crippen LogP contribution in [0.2, 0.25) is 0 Å². The lowest BCUT2D eigenvalue weighted by molar-refractivity contribution is 0.104. The van der Waals surface area contributed by atoms with Crippen molar-refractivity contribution in [2.24, 2.45) is 0 Å². The Hall–Kier alpha value is -2.01. The van der Waals surface area contributed by atoms with Gasteiger partial charge in [-0.25, -0.2) is 8.78 Å². The first-order valence-corrected chi connectivity index (χ1v) is 6.81. The van der Waals surface area contributed by atoms with Crippen LogP contribution in [-0.2, 0) is 0 Å². The first kappa shape index (κ1) is 15.4. The molecular formula is C16H11BrF2O2. The molecule has 0 radical (unpaired) electrons. The molecule has 0 bridgehead atoms. The molecule has 2 aromatic rings. The van der Waals surface area contributed by atoms with Crippen LogP contribution in [-0.4, -0.2) is 12.9 Å². The Morgan fingerprint density at radius 3 is 2.62 bits per heavy atom. The number of allylic oxidation sites excluding steroid dienone is 1. The molecular weight excluding hydrogens is 342 g/mol. The van der Waals surface area contributed by atoms with Gasteiger partial charge in [0.05, 0.1) is 17.1 Å². The molecule has 0 aromatic heterocycles. The lowest BCUT2D eigenvalue weighted by atomic mass is 10.1. The van der Waals surface area contributed by atoms with Crippen molar-refractivity contribution < 1.29 is 18.3 Å². The van der Waals surface area contributed by atoms with Crippen molar-refractivity contribution in [2.45, 2.75) is 0 Å². The number of methoxy groups -OCH3 is 1. The summed E-state index contributed by atoms with van der Waals surface area (Å²) in [6.45, 7) is 0. The van der Waals surface area contributed by atoms with Crippen molar-refractivity contribution in [3.05, 3.63) is 69.7 Å². The fraction of sp³-hybridized carbons (Fsp3) is 0.0625. The SMILES string of the molecule is COc1ccc(/C=C/C(=O)c2cc(F)ccc2F)cc1Br. The van der Waals surface area contributed by atoms with Crippen LogP contribution >= 0.6 is 15.9 Å². The van der Waals surface area contributed by atoms with Crippen LogP contribution in [0.4, 0.5) is 8.78 Å². The summed E-state index contributed by atoms with van der Waals surface area (Å²) in [6, 6.07) is 8.01. The Morgan fingerprint density at radius 1 is 1.19 bits per heavy atom. The van der Waals surface area contributed by atoms with Crippen LogP contribution in [0.25, 0.3) is 6.08 Å². The number of benzene rings is 2. The van der Waals surface area contributed by atoms with E-state index in [0.29, 0.717) is 5.75 Å². The maximum absolute atomic E-state index is 13.5. The predicted molar refractivity (Wildman–Crippen MR) is 80.4 cm³/mol. The molecule has 0 unspecified atom stereocenters. The average molecular weight is 353 g/mol. The Labute approximate surface area is 129 Å². The highest BCUT2D eigenvalue weighted by atomic mass is 79.9. The maximum Gasteiger partial charge on any atom is 0.188 e. The smallest absolute Gasteiger partial charge is 0.188 e. The minimum absolute atomic E-state index is 0.293. The van der Waals surface area contributed by atoms with Crippen molar-refractivity contribution >= 4 is 27.8 Å². The fourth-order valence-corrected chi connectivity index (χ4v) is 2.29. The van der Waals surface area contributed by atoms with Crippen molar-refractivity contribution in [1.29, 1.82) is 0 Å². The van der Waals surface area contributed by atoms with Gasteiger partial charge in [0.25, 0.3) is 0 Å². The molecule has 0 saturated heterocycles. The van der Waals surface area contributed by atoms with Crippen molar-refractivity contribution in [2.75, 3.05) is 7.11 Å². The van der Waals surface area contributed by atoms with Gasteiger partial charge in [0.2, 0.25) is 0 Å². The molecule has 0 aliphatic rings. The van der Waals surface area contributed by atoms with Gasteiger partial charge in [-0.2, -0.15) is 0 Å². The summed E-state index contributed by atoms with van der Waals surface area (Å²) >= 11 is 3.33. The van der Waals surface area contributed by atoms with E-state index in [1.807, 2.05) is 0 Å². The monoisotopic (exact) mass is 352 g/mol. The third-order valence-electron chi connectivity index (χ3n) is 2.80.